The first-order valence-electron chi connectivity index (χ1n) is 9.14. The molecule has 1 aromatic carbocycles. The van der Waals surface area contributed by atoms with Crippen LogP contribution in [0.5, 0.6) is 0 Å². The highest BCUT2D eigenvalue weighted by Gasteiger charge is 2.26. The minimum atomic E-state index is -0.610. The number of esters is 1. The second-order valence-electron chi connectivity index (χ2n) is 6.40. The number of benzene rings is 1. The molecule has 148 valence electrons. The number of nitrogens with one attached hydrogen (secondary N) is 2. The summed E-state index contributed by atoms with van der Waals surface area (Å²) in [5, 5.41) is 5.43. The van der Waals surface area contributed by atoms with Crippen LogP contribution in [0.2, 0.25) is 0 Å². The molecule has 2 amide bonds. The van der Waals surface area contributed by atoms with Crippen molar-refractivity contribution >= 4 is 23.7 Å². The first-order valence-corrected chi connectivity index (χ1v) is 9.14. The van der Waals surface area contributed by atoms with Gasteiger partial charge >= 0.3 is 12.1 Å². The van der Waals surface area contributed by atoms with Gasteiger partial charge in [0.1, 0.15) is 11.9 Å². The van der Waals surface area contributed by atoms with Crippen molar-refractivity contribution in [2.45, 2.75) is 57.6 Å². The van der Waals surface area contributed by atoms with Crippen LogP contribution in [0.15, 0.2) is 24.3 Å². The number of carbonyl (C=O) groups excluding carboxylic acids is 3. The number of amides is 2. The van der Waals surface area contributed by atoms with E-state index in [1.54, 1.807) is 6.92 Å². The van der Waals surface area contributed by atoms with Gasteiger partial charge in [-0.3, -0.25) is 14.9 Å². The largest absolute Gasteiger partial charge is 0.466 e. The van der Waals surface area contributed by atoms with E-state index in [2.05, 4.69) is 10.6 Å². The van der Waals surface area contributed by atoms with Gasteiger partial charge in [0.05, 0.1) is 13.0 Å². The molecule has 1 aromatic rings. The molecular formula is C19H25FN2O5. The van der Waals surface area contributed by atoms with E-state index in [4.69, 9.17) is 9.47 Å². The topological polar surface area (TPSA) is 93.7 Å². The van der Waals surface area contributed by atoms with E-state index < -0.39 is 12.1 Å². The predicted octanol–water partition coefficient (Wildman–Crippen LogP) is 3.14. The number of hydrogen-bond donors (Lipinski definition) is 2. The van der Waals surface area contributed by atoms with Crippen molar-refractivity contribution in [3.63, 3.8) is 0 Å². The highest BCUT2D eigenvalue weighted by atomic mass is 19.1. The average Bonchev–Trinajstić information content (AvgIpc) is 2.62. The van der Waals surface area contributed by atoms with Crippen molar-refractivity contribution < 1.29 is 28.2 Å². The van der Waals surface area contributed by atoms with E-state index in [0.29, 0.717) is 25.1 Å². The Morgan fingerprint density at radius 3 is 2.59 bits per heavy atom. The van der Waals surface area contributed by atoms with E-state index in [1.807, 2.05) is 0 Å². The van der Waals surface area contributed by atoms with Crippen LogP contribution in [0.4, 0.5) is 14.9 Å². The van der Waals surface area contributed by atoms with Gasteiger partial charge in [-0.1, -0.05) is 0 Å². The van der Waals surface area contributed by atoms with Crippen LogP contribution >= 0.6 is 0 Å². The summed E-state index contributed by atoms with van der Waals surface area (Å²) in [6.45, 7) is 2.01. The molecule has 0 aromatic heterocycles. The molecule has 0 aliphatic heterocycles. The van der Waals surface area contributed by atoms with Crippen molar-refractivity contribution in [1.82, 2.24) is 5.32 Å². The summed E-state index contributed by atoms with van der Waals surface area (Å²) >= 11 is 0. The molecule has 0 heterocycles. The highest BCUT2D eigenvalue weighted by molar-refractivity contribution is 5.84. The van der Waals surface area contributed by atoms with Gasteiger partial charge < -0.3 is 14.8 Å². The molecule has 27 heavy (non-hydrogen) atoms. The molecule has 0 radical (unpaired) electrons. The second kappa shape index (κ2) is 10.5. The number of ether oxygens (including phenoxy) is 2. The van der Waals surface area contributed by atoms with Gasteiger partial charge in [0.15, 0.2) is 0 Å². The van der Waals surface area contributed by atoms with Crippen molar-refractivity contribution in [3.8, 4) is 0 Å². The summed E-state index contributed by atoms with van der Waals surface area (Å²) in [5.74, 6) is -0.998. The molecule has 0 saturated heterocycles. The van der Waals surface area contributed by atoms with Crippen molar-refractivity contribution in [1.29, 1.82) is 0 Å². The summed E-state index contributed by atoms with van der Waals surface area (Å²) in [4.78, 5) is 35.2. The lowest BCUT2D eigenvalue weighted by Gasteiger charge is -2.29. The van der Waals surface area contributed by atoms with Gasteiger partial charge in [-0.15, -0.1) is 0 Å². The number of anilines is 1. The number of halogens is 1. The molecule has 1 saturated carbocycles. The van der Waals surface area contributed by atoms with Crippen molar-refractivity contribution in [2.75, 3.05) is 11.9 Å². The zero-order valence-electron chi connectivity index (χ0n) is 15.3. The number of carbonyl (C=O) groups is 3. The molecule has 0 bridgehead atoms. The lowest BCUT2D eigenvalue weighted by molar-refractivity contribution is -0.144. The van der Waals surface area contributed by atoms with Crippen LogP contribution in [-0.2, 0) is 19.1 Å². The van der Waals surface area contributed by atoms with Crippen LogP contribution in [0.25, 0.3) is 0 Å². The third-order valence-electron chi connectivity index (χ3n) is 4.22. The third kappa shape index (κ3) is 7.64. The molecule has 1 aliphatic rings. The van der Waals surface area contributed by atoms with Crippen LogP contribution in [-0.4, -0.2) is 36.7 Å². The molecular weight excluding hydrogens is 355 g/mol. The van der Waals surface area contributed by atoms with Gasteiger partial charge in [0, 0.05) is 24.6 Å². The Labute approximate surface area is 157 Å². The normalized spacial score (nSPS) is 19.0. The Morgan fingerprint density at radius 1 is 1.15 bits per heavy atom. The number of hydrogen-bond acceptors (Lipinski definition) is 5. The zero-order valence-corrected chi connectivity index (χ0v) is 15.3. The van der Waals surface area contributed by atoms with Gasteiger partial charge in [0.25, 0.3) is 0 Å². The Hall–Kier alpha value is -2.64. The van der Waals surface area contributed by atoms with E-state index >= 15 is 0 Å². The van der Waals surface area contributed by atoms with E-state index in [0.717, 1.165) is 12.8 Å². The fraction of sp³-hybridized carbons (Fsp3) is 0.526. The fourth-order valence-electron chi connectivity index (χ4n) is 2.96. The molecule has 8 heteroatoms. The molecule has 0 spiro atoms. The van der Waals surface area contributed by atoms with Crippen LogP contribution < -0.4 is 10.6 Å². The minimum absolute atomic E-state index is 0.0480. The first-order chi connectivity index (χ1) is 13.0. The Kier molecular flexibility index (Phi) is 8.03. The summed E-state index contributed by atoms with van der Waals surface area (Å²) in [5.41, 5.74) is 0.445. The van der Waals surface area contributed by atoms with E-state index in [9.17, 15) is 18.8 Å². The van der Waals surface area contributed by atoms with E-state index in [1.165, 1.54) is 24.3 Å². The maximum Gasteiger partial charge on any atom is 0.411 e. The average molecular weight is 380 g/mol. The summed E-state index contributed by atoms with van der Waals surface area (Å²) < 4.78 is 23.1. The zero-order chi connectivity index (χ0) is 19.6. The summed E-state index contributed by atoms with van der Waals surface area (Å²) in [6.07, 6.45) is 2.05. The van der Waals surface area contributed by atoms with Crippen LogP contribution in [0, 0.1) is 5.82 Å². The molecule has 2 N–H and O–H groups in total. The first kappa shape index (κ1) is 20.7. The monoisotopic (exact) mass is 380 g/mol. The maximum absolute atomic E-state index is 12.9. The maximum atomic E-state index is 12.9. The Bertz CT molecular complexity index is 650. The molecule has 2 atom stereocenters. The number of rotatable bonds is 7. The van der Waals surface area contributed by atoms with Crippen LogP contribution in [0.3, 0.4) is 0 Å². The quantitative estimate of drug-likeness (QED) is 0.709. The SMILES string of the molecule is CCOC(=O)CCC(=O)N[C@@H]1CCC[C@@H](OC(=O)Nc2ccc(F)cc2)C1. The third-order valence-corrected chi connectivity index (χ3v) is 4.22. The summed E-state index contributed by atoms with van der Waals surface area (Å²) in [7, 11) is 0. The minimum Gasteiger partial charge on any atom is -0.466 e. The predicted molar refractivity (Wildman–Crippen MR) is 96.6 cm³/mol. The van der Waals surface area contributed by atoms with Crippen LogP contribution in [0.1, 0.15) is 45.4 Å². The summed E-state index contributed by atoms with van der Waals surface area (Å²) in [6, 6.07) is 5.29. The molecule has 7 nitrogen and oxygen atoms in total. The fourth-order valence-corrected chi connectivity index (χ4v) is 2.96. The van der Waals surface area contributed by atoms with Gasteiger partial charge in [-0.05, 0) is 50.5 Å². The molecule has 1 aliphatic carbocycles. The lowest BCUT2D eigenvalue weighted by atomic mass is 9.92. The molecule has 1 fully saturated rings. The van der Waals surface area contributed by atoms with Crippen molar-refractivity contribution in [3.05, 3.63) is 30.1 Å². The smallest absolute Gasteiger partial charge is 0.411 e. The molecule has 0 unspecified atom stereocenters. The van der Waals surface area contributed by atoms with E-state index in [-0.39, 0.29) is 36.7 Å². The van der Waals surface area contributed by atoms with Gasteiger partial charge in [-0.2, -0.15) is 0 Å². The molecule has 2 rings (SSSR count). The van der Waals surface area contributed by atoms with Gasteiger partial charge in [0.2, 0.25) is 5.91 Å². The standard InChI is InChI=1S/C19H25FN2O5/c1-2-26-18(24)11-10-17(23)21-15-4-3-5-16(12-15)27-19(25)22-14-8-6-13(20)7-9-14/h6-9,15-16H,2-5,10-12H2,1H3,(H,21,23)(H,22,25)/t15-,16-/m1/s1. The highest BCUT2D eigenvalue weighted by Crippen LogP contribution is 2.22. The van der Waals surface area contributed by atoms with Gasteiger partial charge in [-0.25, -0.2) is 9.18 Å². The Morgan fingerprint density at radius 2 is 1.89 bits per heavy atom. The second-order valence-corrected chi connectivity index (χ2v) is 6.40. The lowest BCUT2D eigenvalue weighted by Crippen LogP contribution is -2.41. The van der Waals surface area contributed by atoms with Crippen molar-refractivity contribution in [2.24, 2.45) is 0 Å². The Balaban J connectivity index is 1.73.